The van der Waals surface area contributed by atoms with Crippen molar-refractivity contribution in [2.24, 2.45) is 4.99 Å². The highest BCUT2D eigenvalue weighted by Crippen LogP contribution is 2.07. The first-order chi connectivity index (χ1) is 6.97. The quantitative estimate of drug-likeness (QED) is 0.704. The van der Waals surface area contributed by atoms with Crippen LogP contribution in [-0.4, -0.2) is 17.9 Å². The average Bonchev–Trinajstić information content (AvgIpc) is 2.53. The third-order valence-corrected chi connectivity index (χ3v) is 1.46. The first kappa shape index (κ1) is 11.5. The van der Waals surface area contributed by atoms with Gasteiger partial charge < -0.3 is 9.15 Å². The van der Waals surface area contributed by atoms with Crippen LogP contribution < -0.4 is 0 Å². The number of hydrogen-bond acceptors (Lipinski definition) is 3. The summed E-state index contributed by atoms with van der Waals surface area (Å²) >= 11 is 0. The fourth-order valence-electron chi connectivity index (χ4n) is 0.927. The molecule has 4 heteroatoms. The fourth-order valence-corrected chi connectivity index (χ4v) is 0.927. The Balaban J connectivity index is 2.35. The highest BCUT2D eigenvalue weighted by Gasteiger charge is 2.14. The fraction of sp³-hybridized carbons (Fsp3) is 0.455. The molecule has 1 aromatic rings. The summed E-state index contributed by atoms with van der Waals surface area (Å²) in [5, 5.41) is 0. The summed E-state index contributed by atoms with van der Waals surface area (Å²) in [6.07, 6.45) is 2.98. The molecule has 0 aliphatic rings. The zero-order chi connectivity index (χ0) is 11.3. The minimum atomic E-state index is -0.575. The van der Waals surface area contributed by atoms with E-state index in [-0.39, 0.29) is 0 Å². The molecule has 0 unspecified atom stereocenters. The lowest BCUT2D eigenvalue weighted by atomic mass is 10.2. The van der Waals surface area contributed by atoms with Gasteiger partial charge in [0, 0.05) is 12.6 Å². The molecule has 0 aromatic carbocycles. The van der Waals surface area contributed by atoms with E-state index in [0.717, 1.165) is 5.76 Å². The largest absolute Gasteiger partial charge is 0.469 e. The van der Waals surface area contributed by atoms with E-state index in [1.807, 2.05) is 6.07 Å². The number of carbonyl (C=O) groups is 1. The van der Waals surface area contributed by atoms with Gasteiger partial charge in [-0.1, -0.05) is 0 Å². The summed E-state index contributed by atoms with van der Waals surface area (Å²) in [5.74, 6) is 0.766. The maximum Gasteiger partial charge on any atom is 0.433 e. The van der Waals surface area contributed by atoms with Gasteiger partial charge in [-0.3, -0.25) is 0 Å². The Morgan fingerprint density at radius 3 is 2.87 bits per heavy atom. The summed E-state index contributed by atoms with van der Waals surface area (Å²) < 4.78 is 10.1. The monoisotopic (exact) mass is 209 g/mol. The van der Waals surface area contributed by atoms with Gasteiger partial charge >= 0.3 is 6.09 Å². The molecule has 1 amide bonds. The lowest BCUT2D eigenvalue weighted by Crippen LogP contribution is -2.21. The van der Waals surface area contributed by atoms with Crippen LogP contribution in [-0.2, 0) is 11.2 Å². The zero-order valence-corrected chi connectivity index (χ0v) is 9.19. The number of furan rings is 1. The van der Waals surface area contributed by atoms with Gasteiger partial charge in [-0.25, -0.2) is 4.79 Å². The molecule has 0 spiro atoms. The molecular weight excluding hydrogens is 194 g/mol. The second-order valence-electron chi connectivity index (χ2n) is 4.08. The van der Waals surface area contributed by atoms with Gasteiger partial charge in [0.1, 0.15) is 11.4 Å². The number of carbonyl (C=O) groups excluding carboxylic acids is 1. The summed E-state index contributed by atoms with van der Waals surface area (Å²) in [4.78, 5) is 14.8. The number of nitrogens with zero attached hydrogens (tertiary/aromatic N) is 1. The van der Waals surface area contributed by atoms with Crippen molar-refractivity contribution in [3.05, 3.63) is 24.2 Å². The van der Waals surface area contributed by atoms with Gasteiger partial charge in [0.2, 0.25) is 0 Å². The molecule has 0 N–H and O–H groups in total. The lowest BCUT2D eigenvalue weighted by Gasteiger charge is -2.16. The minimum Gasteiger partial charge on any atom is -0.469 e. The van der Waals surface area contributed by atoms with Gasteiger partial charge in [0.05, 0.1) is 6.26 Å². The number of rotatable bonds is 2. The number of hydrogen-bond donors (Lipinski definition) is 0. The van der Waals surface area contributed by atoms with Crippen LogP contribution in [0.1, 0.15) is 26.5 Å². The maximum atomic E-state index is 11.1. The SMILES string of the molecule is CC(C)(C)OC(=O)N=CCc1ccco1. The maximum absolute atomic E-state index is 11.1. The Labute approximate surface area is 89.0 Å². The molecule has 0 saturated heterocycles. The molecule has 0 aliphatic heterocycles. The number of aliphatic imine (C=N–C) groups is 1. The van der Waals surface area contributed by atoms with Crippen molar-refractivity contribution in [3.63, 3.8) is 0 Å². The van der Waals surface area contributed by atoms with Gasteiger partial charge in [0.15, 0.2) is 0 Å². The van der Waals surface area contributed by atoms with E-state index in [1.165, 1.54) is 6.21 Å². The summed E-state index contributed by atoms with van der Waals surface area (Å²) in [6, 6.07) is 3.61. The van der Waals surface area contributed by atoms with Crippen molar-refractivity contribution in [1.29, 1.82) is 0 Å². The molecule has 15 heavy (non-hydrogen) atoms. The lowest BCUT2D eigenvalue weighted by molar-refractivity contribution is 0.0605. The van der Waals surface area contributed by atoms with Gasteiger partial charge in [-0.05, 0) is 32.9 Å². The van der Waals surface area contributed by atoms with Crippen molar-refractivity contribution < 1.29 is 13.9 Å². The molecule has 4 nitrogen and oxygen atoms in total. The molecule has 0 fully saturated rings. The Morgan fingerprint density at radius 1 is 1.60 bits per heavy atom. The topological polar surface area (TPSA) is 51.8 Å². The highest BCUT2D eigenvalue weighted by molar-refractivity contribution is 5.80. The first-order valence-electron chi connectivity index (χ1n) is 4.75. The second kappa shape index (κ2) is 4.77. The van der Waals surface area contributed by atoms with Crippen LogP contribution in [0.2, 0.25) is 0 Å². The summed E-state index contributed by atoms with van der Waals surface area (Å²) in [5.41, 5.74) is -0.501. The van der Waals surface area contributed by atoms with Crippen molar-refractivity contribution in [2.75, 3.05) is 0 Å². The molecule has 0 aliphatic carbocycles. The third-order valence-electron chi connectivity index (χ3n) is 1.46. The smallest absolute Gasteiger partial charge is 0.433 e. The third kappa shape index (κ3) is 5.00. The van der Waals surface area contributed by atoms with Crippen LogP contribution in [0.5, 0.6) is 0 Å². The first-order valence-corrected chi connectivity index (χ1v) is 4.75. The molecule has 82 valence electrons. The summed E-state index contributed by atoms with van der Waals surface area (Å²) in [7, 11) is 0. The van der Waals surface area contributed by atoms with E-state index in [0.29, 0.717) is 6.42 Å². The number of ether oxygens (including phenoxy) is 1. The van der Waals surface area contributed by atoms with Crippen LogP contribution in [0.4, 0.5) is 4.79 Å². The van der Waals surface area contributed by atoms with Crippen molar-refractivity contribution in [1.82, 2.24) is 0 Å². The van der Waals surface area contributed by atoms with E-state index in [4.69, 9.17) is 9.15 Å². The average molecular weight is 209 g/mol. The van der Waals surface area contributed by atoms with Gasteiger partial charge in [-0.2, -0.15) is 4.99 Å². The van der Waals surface area contributed by atoms with Crippen LogP contribution in [0.3, 0.4) is 0 Å². The Hall–Kier alpha value is -1.58. The number of amides is 1. The molecule has 0 bridgehead atoms. The predicted molar refractivity (Wildman–Crippen MR) is 57.1 cm³/mol. The zero-order valence-electron chi connectivity index (χ0n) is 9.19. The highest BCUT2D eigenvalue weighted by atomic mass is 16.6. The minimum absolute atomic E-state index is 0.492. The van der Waals surface area contributed by atoms with E-state index < -0.39 is 11.7 Å². The molecule has 0 atom stereocenters. The van der Waals surface area contributed by atoms with Gasteiger partial charge in [0.25, 0.3) is 0 Å². The molecule has 1 heterocycles. The summed E-state index contributed by atoms with van der Waals surface area (Å²) in [6.45, 7) is 5.40. The molecule has 0 radical (unpaired) electrons. The molecule has 0 saturated carbocycles. The van der Waals surface area contributed by atoms with Crippen LogP contribution in [0.25, 0.3) is 0 Å². The Kier molecular flexibility index (Phi) is 3.66. The van der Waals surface area contributed by atoms with Crippen molar-refractivity contribution >= 4 is 12.3 Å². The normalized spacial score (nSPS) is 11.9. The molecule has 1 rings (SSSR count). The van der Waals surface area contributed by atoms with Gasteiger partial charge in [-0.15, -0.1) is 0 Å². The second-order valence-corrected chi connectivity index (χ2v) is 4.08. The Morgan fingerprint density at radius 2 is 2.33 bits per heavy atom. The van der Waals surface area contributed by atoms with Crippen LogP contribution >= 0.6 is 0 Å². The van der Waals surface area contributed by atoms with E-state index in [1.54, 1.807) is 33.1 Å². The van der Waals surface area contributed by atoms with Crippen LogP contribution in [0.15, 0.2) is 27.8 Å². The van der Waals surface area contributed by atoms with E-state index in [2.05, 4.69) is 4.99 Å². The van der Waals surface area contributed by atoms with Crippen molar-refractivity contribution in [3.8, 4) is 0 Å². The standard InChI is InChI=1S/C11H15NO3/c1-11(2,3)15-10(13)12-7-6-9-5-4-8-14-9/h4-5,7-8H,6H2,1-3H3. The molecule has 1 aromatic heterocycles. The van der Waals surface area contributed by atoms with E-state index >= 15 is 0 Å². The van der Waals surface area contributed by atoms with Crippen LogP contribution in [0, 0.1) is 0 Å². The molecular formula is C11H15NO3. The predicted octanol–water partition coefficient (Wildman–Crippen LogP) is 2.83. The Bertz CT molecular complexity index is 333. The van der Waals surface area contributed by atoms with E-state index in [9.17, 15) is 4.79 Å². The van der Waals surface area contributed by atoms with Crippen molar-refractivity contribution in [2.45, 2.75) is 32.8 Å².